The van der Waals surface area contributed by atoms with Crippen LogP contribution in [-0.4, -0.2) is 77.4 Å². The van der Waals surface area contributed by atoms with Gasteiger partial charge in [-0.15, -0.1) is 0 Å². The summed E-state index contributed by atoms with van der Waals surface area (Å²) in [4.78, 5) is 51.5. The number of carbonyl (C=O) groups is 3. The Balaban J connectivity index is 1.60. The number of ether oxygens (including phenoxy) is 4. The lowest BCUT2D eigenvalue weighted by Crippen LogP contribution is -2.57. The highest BCUT2D eigenvalue weighted by Crippen LogP contribution is 2.43. The molecular weight excluding hydrogens is 626 g/mol. The van der Waals surface area contributed by atoms with Gasteiger partial charge in [0.1, 0.15) is 30.0 Å². The van der Waals surface area contributed by atoms with Crippen molar-refractivity contribution in [3.63, 3.8) is 0 Å². The molecule has 2 amide bonds. The largest absolute Gasteiger partial charge is 0.497 e. The van der Waals surface area contributed by atoms with E-state index in [1.54, 1.807) is 18.2 Å². The van der Waals surface area contributed by atoms with Gasteiger partial charge >= 0.3 is 12.1 Å². The fraction of sp³-hybridized carbons (Fsp3) is 0.686. The molecule has 1 aromatic carbocycles. The molecule has 2 bridgehead atoms. The van der Waals surface area contributed by atoms with E-state index >= 15 is 8.78 Å². The zero-order valence-corrected chi connectivity index (χ0v) is 28.9. The first kappa shape index (κ1) is 35.5. The number of hydrogen-bond donors (Lipinski definition) is 1. The third-order valence-corrected chi connectivity index (χ3v) is 9.41. The van der Waals surface area contributed by atoms with Crippen LogP contribution in [0.4, 0.5) is 13.6 Å². The van der Waals surface area contributed by atoms with E-state index in [2.05, 4.69) is 15.3 Å². The van der Waals surface area contributed by atoms with Crippen molar-refractivity contribution in [2.24, 2.45) is 23.2 Å². The minimum Gasteiger partial charge on any atom is -0.497 e. The lowest BCUT2D eigenvalue weighted by atomic mass is 9.85. The quantitative estimate of drug-likeness (QED) is 0.379. The molecule has 13 heteroatoms. The van der Waals surface area contributed by atoms with Gasteiger partial charge in [0.05, 0.1) is 31.3 Å². The number of nitrogens with zero attached hydrogens (tertiary/aromatic N) is 3. The van der Waals surface area contributed by atoms with E-state index in [0.717, 1.165) is 0 Å². The van der Waals surface area contributed by atoms with E-state index in [1.807, 2.05) is 41.5 Å². The zero-order chi connectivity index (χ0) is 35.0. The molecule has 6 atom stereocenters. The number of halogens is 2. The maximum atomic E-state index is 16.1. The standard InChI is InChI=1S/C35H48F2N4O7/c1-8-22-26-17-41(27(22)32(43)46-18-19(2)3)31(42)29(34(4,5)6)40-33(44)48-25-15-20(25)11-9-10-14-35(36,37)28-30(47-26)39-24-16-21(45-7)12-13-23(24)38-28/h12-13,16,19-20,22,25-27,29H,8-11,14-15,17-18H2,1-7H3,(H,40,44)/t20-,22-,25-,26+,27+,29-/m1/s1. The lowest BCUT2D eigenvalue weighted by Gasteiger charge is -2.35. The Kier molecular flexibility index (Phi) is 10.4. The second-order valence-corrected chi connectivity index (χ2v) is 14.8. The number of methoxy groups -OCH3 is 1. The summed E-state index contributed by atoms with van der Waals surface area (Å²) in [6.07, 6.45) is -0.144. The molecule has 2 aliphatic heterocycles. The number of carbonyl (C=O) groups excluding carboxylic acids is 3. The van der Waals surface area contributed by atoms with Crippen molar-refractivity contribution in [2.45, 2.75) is 110 Å². The highest BCUT2D eigenvalue weighted by Gasteiger charge is 2.53. The third kappa shape index (κ3) is 7.75. The van der Waals surface area contributed by atoms with E-state index in [0.29, 0.717) is 36.9 Å². The van der Waals surface area contributed by atoms with Crippen LogP contribution in [0.5, 0.6) is 11.6 Å². The molecule has 48 heavy (non-hydrogen) atoms. The van der Waals surface area contributed by atoms with Gasteiger partial charge in [-0.2, -0.15) is 8.78 Å². The van der Waals surface area contributed by atoms with Gasteiger partial charge in [-0.3, -0.25) is 4.79 Å². The first-order valence-electron chi connectivity index (χ1n) is 17.0. The molecule has 1 aromatic heterocycles. The molecular formula is C35H48F2N4O7. The van der Waals surface area contributed by atoms with Gasteiger partial charge in [-0.1, -0.05) is 48.0 Å². The predicted octanol–water partition coefficient (Wildman–Crippen LogP) is 6.02. The van der Waals surface area contributed by atoms with Gasteiger partial charge in [0, 0.05) is 18.4 Å². The molecule has 264 valence electrons. The van der Waals surface area contributed by atoms with Crippen LogP contribution in [0.2, 0.25) is 0 Å². The summed E-state index contributed by atoms with van der Waals surface area (Å²) in [5.41, 5.74) is -0.807. The van der Waals surface area contributed by atoms with Crippen molar-refractivity contribution in [3.8, 4) is 11.6 Å². The summed E-state index contributed by atoms with van der Waals surface area (Å²) >= 11 is 0. The highest BCUT2D eigenvalue weighted by molar-refractivity contribution is 5.91. The molecule has 1 saturated carbocycles. The van der Waals surface area contributed by atoms with Crippen molar-refractivity contribution in [2.75, 3.05) is 20.3 Å². The zero-order valence-electron chi connectivity index (χ0n) is 28.9. The molecule has 3 heterocycles. The van der Waals surface area contributed by atoms with Crippen LogP contribution in [0.25, 0.3) is 11.0 Å². The Bertz CT molecular complexity index is 1510. The van der Waals surface area contributed by atoms with E-state index in [4.69, 9.17) is 18.9 Å². The predicted molar refractivity (Wildman–Crippen MR) is 173 cm³/mol. The molecule has 0 spiro atoms. The van der Waals surface area contributed by atoms with E-state index in [-0.39, 0.29) is 48.9 Å². The molecule has 0 unspecified atom stereocenters. The molecule has 1 N–H and O–H groups in total. The molecule has 2 aromatic rings. The normalized spacial score (nSPS) is 27.9. The van der Waals surface area contributed by atoms with Crippen LogP contribution in [0, 0.1) is 23.2 Å². The second-order valence-electron chi connectivity index (χ2n) is 14.8. The third-order valence-electron chi connectivity index (χ3n) is 9.41. The van der Waals surface area contributed by atoms with Crippen LogP contribution >= 0.6 is 0 Å². The Morgan fingerprint density at radius 2 is 1.88 bits per heavy atom. The minimum absolute atomic E-state index is 0.0361. The average molecular weight is 675 g/mol. The van der Waals surface area contributed by atoms with Crippen LogP contribution < -0.4 is 14.8 Å². The summed E-state index contributed by atoms with van der Waals surface area (Å²) in [7, 11) is 1.49. The van der Waals surface area contributed by atoms with Crippen LogP contribution in [0.15, 0.2) is 18.2 Å². The second kappa shape index (κ2) is 14.0. The van der Waals surface area contributed by atoms with Gasteiger partial charge < -0.3 is 29.2 Å². The minimum atomic E-state index is -3.38. The monoisotopic (exact) mass is 674 g/mol. The van der Waals surface area contributed by atoms with Gasteiger partial charge in [0.15, 0.2) is 5.69 Å². The first-order valence-corrected chi connectivity index (χ1v) is 17.0. The Morgan fingerprint density at radius 3 is 2.54 bits per heavy atom. The number of amides is 2. The number of benzene rings is 1. The van der Waals surface area contributed by atoms with Gasteiger partial charge in [-0.25, -0.2) is 19.6 Å². The number of rotatable bonds is 5. The summed E-state index contributed by atoms with van der Waals surface area (Å²) in [6.45, 7) is 11.1. The van der Waals surface area contributed by atoms with Crippen molar-refractivity contribution < 1.29 is 42.1 Å². The first-order chi connectivity index (χ1) is 22.6. The van der Waals surface area contributed by atoms with Crippen molar-refractivity contribution in [3.05, 3.63) is 23.9 Å². The number of fused-ring (bicyclic) bond motifs is 5. The van der Waals surface area contributed by atoms with E-state index in [9.17, 15) is 14.4 Å². The lowest BCUT2D eigenvalue weighted by molar-refractivity contribution is -0.157. The SMILES string of the molecule is CC[C@@H]1[C@@H]2CN(C(=O)[C@H](C(C)(C)C)NC(=O)O[C@@H]3C[C@H]3CCCCC(F)(F)c3nc4ccc(OC)cc4nc3O2)[C@@H]1C(=O)OCC(C)C. The smallest absolute Gasteiger partial charge is 0.408 e. The molecule has 1 saturated heterocycles. The summed E-state index contributed by atoms with van der Waals surface area (Å²) in [5, 5.41) is 2.77. The van der Waals surface area contributed by atoms with Gasteiger partial charge in [0.2, 0.25) is 11.8 Å². The highest BCUT2D eigenvalue weighted by atomic mass is 19.3. The number of aromatic nitrogens is 2. The van der Waals surface area contributed by atoms with E-state index < -0.39 is 65.5 Å². The molecule has 0 radical (unpaired) electrons. The van der Waals surface area contributed by atoms with E-state index in [1.165, 1.54) is 12.0 Å². The number of esters is 1. The average Bonchev–Trinajstić information content (AvgIpc) is 3.65. The Morgan fingerprint density at radius 1 is 1.12 bits per heavy atom. The molecule has 11 nitrogen and oxygen atoms in total. The molecule has 1 aliphatic carbocycles. The van der Waals surface area contributed by atoms with Gasteiger partial charge in [-0.05, 0) is 55.1 Å². The van der Waals surface area contributed by atoms with Crippen molar-refractivity contribution in [1.29, 1.82) is 0 Å². The van der Waals surface area contributed by atoms with Gasteiger partial charge in [0.25, 0.3) is 5.92 Å². The molecule has 3 aliphatic rings. The maximum absolute atomic E-state index is 16.1. The topological polar surface area (TPSA) is 129 Å². The summed E-state index contributed by atoms with van der Waals surface area (Å²) in [5.74, 6) is -4.96. The molecule has 5 rings (SSSR count). The van der Waals surface area contributed by atoms with Crippen molar-refractivity contribution >= 4 is 29.0 Å². The number of hydrogen-bond acceptors (Lipinski definition) is 9. The summed E-state index contributed by atoms with van der Waals surface area (Å²) < 4.78 is 55.2. The fourth-order valence-electron chi connectivity index (χ4n) is 6.60. The van der Waals surface area contributed by atoms with Crippen LogP contribution in [-0.2, 0) is 25.0 Å². The van der Waals surface area contributed by atoms with Crippen LogP contribution in [0.1, 0.15) is 85.8 Å². The Hall–Kier alpha value is -3.77. The maximum Gasteiger partial charge on any atom is 0.408 e. The summed E-state index contributed by atoms with van der Waals surface area (Å²) in [6, 6.07) is 2.63. The number of nitrogens with one attached hydrogen (secondary N) is 1. The molecule has 2 fully saturated rings. The Labute approximate surface area is 280 Å². The van der Waals surface area contributed by atoms with Crippen molar-refractivity contribution in [1.82, 2.24) is 20.2 Å². The fourth-order valence-corrected chi connectivity index (χ4v) is 6.60. The number of alkyl halides is 2. The number of alkyl carbamates (subject to hydrolysis) is 1. The van der Waals surface area contributed by atoms with Crippen LogP contribution in [0.3, 0.4) is 0 Å².